The normalized spacial score (nSPS) is 17.7. The number of benzene rings is 1. The van der Waals surface area contributed by atoms with Crippen LogP contribution in [0.1, 0.15) is 76.6 Å². The van der Waals surface area contributed by atoms with E-state index in [9.17, 15) is 9.59 Å². The van der Waals surface area contributed by atoms with E-state index in [1.165, 1.54) is 30.6 Å². The Hall–Kier alpha value is -2.21. The first-order valence-corrected chi connectivity index (χ1v) is 10.2. The lowest BCUT2D eigenvalue weighted by Gasteiger charge is -2.22. The number of nitrogens with zero attached hydrogens (tertiary/aromatic N) is 1. The molecular formula is C20H23N3O2S. The molecule has 0 unspecified atom stereocenters. The largest absolute Gasteiger partial charge is 0.349 e. The molecule has 0 atom stereocenters. The lowest BCUT2D eigenvalue weighted by atomic mass is 9.95. The summed E-state index contributed by atoms with van der Waals surface area (Å²) in [5, 5.41) is 6.03. The van der Waals surface area contributed by atoms with Crippen molar-refractivity contribution in [2.45, 2.75) is 56.9 Å². The number of thiazole rings is 1. The summed E-state index contributed by atoms with van der Waals surface area (Å²) < 4.78 is 0. The second-order valence-corrected chi connectivity index (χ2v) is 8.04. The van der Waals surface area contributed by atoms with Gasteiger partial charge in [-0.2, -0.15) is 0 Å². The molecule has 1 aromatic carbocycles. The van der Waals surface area contributed by atoms with Crippen LogP contribution in [0.15, 0.2) is 29.8 Å². The van der Waals surface area contributed by atoms with Crippen molar-refractivity contribution in [2.24, 2.45) is 0 Å². The van der Waals surface area contributed by atoms with E-state index in [-0.39, 0.29) is 11.8 Å². The van der Waals surface area contributed by atoms with Gasteiger partial charge in [-0.15, -0.1) is 11.3 Å². The van der Waals surface area contributed by atoms with Crippen LogP contribution >= 0.6 is 11.3 Å². The Bertz CT molecular complexity index is 790. The van der Waals surface area contributed by atoms with Crippen LogP contribution in [-0.2, 0) is 0 Å². The maximum Gasteiger partial charge on any atom is 0.267 e. The van der Waals surface area contributed by atoms with Gasteiger partial charge in [-0.3, -0.25) is 9.59 Å². The van der Waals surface area contributed by atoms with Gasteiger partial charge < -0.3 is 10.6 Å². The van der Waals surface area contributed by atoms with Crippen LogP contribution in [0.25, 0.3) is 0 Å². The molecule has 2 fully saturated rings. The summed E-state index contributed by atoms with van der Waals surface area (Å²) in [5.41, 5.74) is 3.99. The molecule has 4 rings (SSSR count). The standard InChI is InChI=1S/C20H23N3O2S/c24-19(22-15-4-2-1-3-5-15)14-8-10-16(11-9-14)23-20(25)18-17(13-6-7-13)21-12-26-18/h8-13,15H,1-7H2,(H,22,24)(H,23,25). The molecule has 0 saturated heterocycles. The van der Waals surface area contributed by atoms with Crippen molar-refractivity contribution in [3.05, 3.63) is 45.9 Å². The highest BCUT2D eigenvalue weighted by Gasteiger charge is 2.30. The Kier molecular flexibility index (Phi) is 5.02. The van der Waals surface area contributed by atoms with E-state index in [4.69, 9.17) is 0 Å². The van der Waals surface area contributed by atoms with Crippen molar-refractivity contribution in [3.8, 4) is 0 Å². The predicted octanol–water partition coefficient (Wildman–Crippen LogP) is 4.34. The lowest BCUT2D eigenvalue weighted by molar-refractivity contribution is 0.0927. The minimum Gasteiger partial charge on any atom is -0.349 e. The molecule has 0 radical (unpaired) electrons. The highest BCUT2D eigenvalue weighted by Crippen LogP contribution is 2.41. The number of amides is 2. The van der Waals surface area contributed by atoms with Crippen molar-refractivity contribution in [2.75, 3.05) is 5.32 Å². The number of hydrogen-bond donors (Lipinski definition) is 2. The van der Waals surface area contributed by atoms with Crippen molar-refractivity contribution in [1.29, 1.82) is 0 Å². The summed E-state index contributed by atoms with van der Waals surface area (Å²) in [6.45, 7) is 0. The zero-order valence-corrected chi connectivity index (χ0v) is 15.5. The van der Waals surface area contributed by atoms with Crippen LogP contribution in [0.5, 0.6) is 0 Å². The van der Waals surface area contributed by atoms with E-state index in [1.807, 2.05) is 0 Å². The predicted molar refractivity (Wildman–Crippen MR) is 103 cm³/mol. The fourth-order valence-corrected chi connectivity index (χ4v) is 4.25. The number of anilines is 1. The van der Waals surface area contributed by atoms with E-state index in [0.717, 1.165) is 31.4 Å². The minimum atomic E-state index is -0.117. The maximum absolute atomic E-state index is 12.5. The summed E-state index contributed by atoms with van der Waals surface area (Å²) in [7, 11) is 0. The minimum absolute atomic E-state index is 0.0340. The zero-order valence-electron chi connectivity index (χ0n) is 14.7. The molecule has 0 spiro atoms. The topological polar surface area (TPSA) is 71.1 Å². The van der Waals surface area contributed by atoms with E-state index < -0.39 is 0 Å². The smallest absolute Gasteiger partial charge is 0.267 e. The van der Waals surface area contributed by atoms with Gasteiger partial charge in [-0.1, -0.05) is 19.3 Å². The number of rotatable bonds is 5. The summed E-state index contributed by atoms with van der Waals surface area (Å²) in [6.07, 6.45) is 8.02. The highest BCUT2D eigenvalue weighted by atomic mass is 32.1. The first-order valence-electron chi connectivity index (χ1n) is 9.36. The van der Waals surface area contributed by atoms with Crippen LogP contribution in [-0.4, -0.2) is 22.8 Å². The summed E-state index contributed by atoms with van der Waals surface area (Å²) in [6, 6.07) is 7.39. The van der Waals surface area contributed by atoms with Gasteiger partial charge in [-0.05, 0) is 49.9 Å². The Morgan fingerprint density at radius 2 is 1.69 bits per heavy atom. The highest BCUT2D eigenvalue weighted by molar-refractivity contribution is 7.12. The SMILES string of the molecule is O=C(NC1CCCCC1)c1ccc(NC(=O)c2scnc2C2CC2)cc1. The molecule has 5 nitrogen and oxygen atoms in total. The van der Waals surface area contributed by atoms with Gasteiger partial charge >= 0.3 is 0 Å². The van der Waals surface area contributed by atoms with Gasteiger partial charge in [0.1, 0.15) is 4.88 Å². The third kappa shape index (κ3) is 3.96. The zero-order chi connectivity index (χ0) is 17.9. The van der Waals surface area contributed by atoms with Crippen molar-refractivity contribution >= 4 is 28.8 Å². The lowest BCUT2D eigenvalue weighted by Crippen LogP contribution is -2.36. The molecule has 2 amide bonds. The van der Waals surface area contributed by atoms with E-state index >= 15 is 0 Å². The molecule has 2 aromatic rings. The quantitative estimate of drug-likeness (QED) is 0.824. The molecule has 0 bridgehead atoms. The average Bonchev–Trinajstić information content (AvgIpc) is 3.39. The van der Waals surface area contributed by atoms with Crippen LogP contribution < -0.4 is 10.6 Å². The Balaban J connectivity index is 1.37. The summed E-state index contributed by atoms with van der Waals surface area (Å²) >= 11 is 1.39. The van der Waals surface area contributed by atoms with Gasteiger partial charge in [0.2, 0.25) is 0 Å². The maximum atomic E-state index is 12.5. The molecule has 136 valence electrons. The fourth-order valence-electron chi connectivity index (χ4n) is 3.48. The molecule has 26 heavy (non-hydrogen) atoms. The molecule has 1 heterocycles. The van der Waals surface area contributed by atoms with Crippen LogP contribution in [0.4, 0.5) is 5.69 Å². The van der Waals surface area contributed by atoms with Crippen molar-refractivity contribution < 1.29 is 9.59 Å². The van der Waals surface area contributed by atoms with Crippen LogP contribution in [0, 0.1) is 0 Å². The first kappa shape index (κ1) is 17.2. The van der Waals surface area contributed by atoms with Gasteiger partial charge in [0, 0.05) is 23.2 Å². The molecule has 6 heteroatoms. The second-order valence-electron chi connectivity index (χ2n) is 7.18. The molecule has 2 N–H and O–H groups in total. The van der Waals surface area contributed by atoms with E-state index in [2.05, 4.69) is 15.6 Å². The van der Waals surface area contributed by atoms with Gasteiger partial charge in [0.05, 0.1) is 11.2 Å². The number of carbonyl (C=O) groups is 2. The monoisotopic (exact) mass is 369 g/mol. The number of hydrogen-bond acceptors (Lipinski definition) is 4. The van der Waals surface area contributed by atoms with Gasteiger partial charge in [0.15, 0.2) is 0 Å². The molecular weight excluding hydrogens is 346 g/mol. The van der Waals surface area contributed by atoms with E-state index in [0.29, 0.717) is 28.1 Å². The number of carbonyl (C=O) groups excluding carboxylic acids is 2. The number of nitrogens with one attached hydrogen (secondary N) is 2. The molecule has 0 aliphatic heterocycles. The molecule has 2 saturated carbocycles. The first-order chi connectivity index (χ1) is 12.7. The van der Waals surface area contributed by atoms with Gasteiger partial charge in [-0.25, -0.2) is 4.98 Å². The van der Waals surface area contributed by atoms with E-state index in [1.54, 1.807) is 29.8 Å². The van der Waals surface area contributed by atoms with Crippen molar-refractivity contribution in [3.63, 3.8) is 0 Å². The Labute approximate surface area is 157 Å². The number of aromatic nitrogens is 1. The molecule has 1 aromatic heterocycles. The van der Waals surface area contributed by atoms with Crippen molar-refractivity contribution in [1.82, 2.24) is 10.3 Å². The Morgan fingerprint density at radius 1 is 0.962 bits per heavy atom. The fraction of sp³-hybridized carbons (Fsp3) is 0.450. The molecule has 2 aliphatic rings. The second kappa shape index (κ2) is 7.58. The van der Waals surface area contributed by atoms with Crippen LogP contribution in [0.3, 0.4) is 0 Å². The van der Waals surface area contributed by atoms with Gasteiger partial charge in [0.25, 0.3) is 11.8 Å². The third-order valence-corrected chi connectivity index (χ3v) is 5.95. The van der Waals surface area contributed by atoms with Crippen LogP contribution in [0.2, 0.25) is 0 Å². The molecule has 2 aliphatic carbocycles. The Morgan fingerprint density at radius 3 is 2.38 bits per heavy atom. The third-order valence-electron chi connectivity index (χ3n) is 5.11. The summed E-state index contributed by atoms with van der Waals surface area (Å²) in [4.78, 5) is 29.9. The average molecular weight is 369 g/mol. The summed E-state index contributed by atoms with van der Waals surface area (Å²) in [5.74, 6) is 0.301.